The molecule has 3 aliphatic rings. The van der Waals surface area contributed by atoms with Gasteiger partial charge in [-0.15, -0.1) is 0 Å². The molecule has 0 radical (unpaired) electrons. The SMILES string of the molecule is FC1=CC=CCC1Nc1nc2cnc(NC3CCC3)nc2n1C1CCCC1. The molecule has 2 heterocycles. The molecule has 0 amide bonds. The first-order chi connectivity index (χ1) is 13.3. The zero-order valence-corrected chi connectivity index (χ0v) is 15.4. The molecule has 142 valence electrons. The average molecular weight is 368 g/mol. The van der Waals surface area contributed by atoms with Crippen molar-refractivity contribution in [3.05, 3.63) is 30.3 Å². The summed E-state index contributed by atoms with van der Waals surface area (Å²) in [4.78, 5) is 14.0. The second-order valence-electron chi connectivity index (χ2n) is 7.83. The van der Waals surface area contributed by atoms with Crippen LogP contribution in [-0.2, 0) is 0 Å². The third-order valence-corrected chi connectivity index (χ3v) is 5.96. The van der Waals surface area contributed by atoms with Crippen LogP contribution in [0.2, 0.25) is 0 Å². The van der Waals surface area contributed by atoms with E-state index >= 15 is 0 Å². The Bertz CT molecular complexity index is 891. The van der Waals surface area contributed by atoms with Crippen molar-refractivity contribution in [2.75, 3.05) is 10.6 Å². The second-order valence-corrected chi connectivity index (χ2v) is 7.83. The first kappa shape index (κ1) is 16.7. The molecule has 2 fully saturated rings. The number of imidazole rings is 1. The van der Waals surface area contributed by atoms with E-state index in [9.17, 15) is 4.39 Å². The van der Waals surface area contributed by atoms with Crippen molar-refractivity contribution in [2.24, 2.45) is 0 Å². The van der Waals surface area contributed by atoms with E-state index in [2.05, 4.69) is 20.2 Å². The summed E-state index contributed by atoms with van der Waals surface area (Å²) in [7, 11) is 0. The van der Waals surface area contributed by atoms with Gasteiger partial charge in [-0.25, -0.2) is 14.4 Å². The van der Waals surface area contributed by atoms with E-state index < -0.39 is 0 Å². The molecule has 27 heavy (non-hydrogen) atoms. The Morgan fingerprint density at radius 2 is 1.89 bits per heavy atom. The highest BCUT2D eigenvalue weighted by Gasteiger charge is 2.27. The lowest BCUT2D eigenvalue weighted by Crippen LogP contribution is -2.28. The van der Waals surface area contributed by atoms with Gasteiger partial charge in [-0.3, -0.25) is 4.57 Å². The first-order valence-electron chi connectivity index (χ1n) is 10.1. The van der Waals surface area contributed by atoms with E-state index in [1.807, 2.05) is 6.08 Å². The summed E-state index contributed by atoms with van der Waals surface area (Å²) in [5.41, 5.74) is 1.61. The van der Waals surface area contributed by atoms with Crippen molar-refractivity contribution >= 4 is 23.1 Å². The van der Waals surface area contributed by atoms with Crippen LogP contribution < -0.4 is 10.6 Å². The van der Waals surface area contributed by atoms with Gasteiger partial charge in [0.15, 0.2) is 5.65 Å². The topological polar surface area (TPSA) is 67.7 Å². The minimum Gasteiger partial charge on any atom is -0.351 e. The van der Waals surface area contributed by atoms with Gasteiger partial charge in [-0.1, -0.05) is 25.0 Å². The lowest BCUT2D eigenvalue weighted by molar-refractivity contribution is 0.443. The number of nitrogens with one attached hydrogen (secondary N) is 2. The molecule has 1 atom stereocenters. The summed E-state index contributed by atoms with van der Waals surface area (Å²) < 4.78 is 16.4. The molecule has 0 spiro atoms. The number of aromatic nitrogens is 4. The number of fused-ring (bicyclic) bond motifs is 1. The number of nitrogens with zero attached hydrogens (tertiary/aromatic N) is 4. The fraction of sp³-hybridized carbons (Fsp3) is 0.550. The molecular weight excluding hydrogens is 343 g/mol. The van der Waals surface area contributed by atoms with Crippen LogP contribution in [0.15, 0.2) is 30.3 Å². The Labute approximate surface area is 158 Å². The normalized spacial score (nSPS) is 23.4. The monoisotopic (exact) mass is 368 g/mol. The summed E-state index contributed by atoms with van der Waals surface area (Å²) in [6, 6.07) is 0.471. The number of hydrogen-bond acceptors (Lipinski definition) is 5. The van der Waals surface area contributed by atoms with Crippen molar-refractivity contribution in [1.82, 2.24) is 19.5 Å². The Morgan fingerprint density at radius 1 is 1.04 bits per heavy atom. The first-order valence-corrected chi connectivity index (χ1v) is 10.1. The minimum atomic E-state index is -0.368. The maximum atomic E-state index is 14.2. The number of hydrogen-bond donors (Lipinski definition) is 2. The third kappa shape index (κ3) is 3.19. The van der Waals surface area contributed by atoms with Gasteiger partial charge in [0.2, 0.25) is 11.9 Å². The highest BCUT2D eigenvalue weighted by Crippen LogP contribution is 2.36. The summed E-state index contributed by atoms with van der Waals surface area (Å²) in [5.74, 6) is 1.22. The van der Waals surface area contributed by atoms with Crippen molar-refractivity contribution in [1.29, 1.82) is 0 Å². The smallest absolute Gasteiger partial charge is 0.224 e. The van der Waals surface area contributed by atoms with E-state index in [1.165, 1.54) is 38.2 Å². The molecule has 0 aliphatic heterocycles. The minimum absolute atomic E-state index is 0.152. The van der Waals surface area contributed by atoms with Gasteiger partial charge in [0.05, 0.1) is 12.2 Å². The van der Waals surface area contributed by atoms with Crippen LogP contribution in [0, 0.1) is 0 Å². The predicted octanol–water partition coefficient (Wildman–Crippen LogP) is 4.50. The zero-order chi connectivity index (χ0) is 18.2. The zero-order valence-electron chi connectivity index (χ0n) is 15.4. The molecule has 2 aromatic heterocycles. The van der Waals surface area contributed by atoms with Gasteiger partial charge in [0.25, 0.3) is 0 Å². The fourth-order valence-electron chi connectivity index (χ4n) is 4.19. The van der Waals surface area contributed by atoms with Crippen LogP contribution in [0.25, 0.3) is 11.2 Å². The Hall–Kier alpha value is -2.44. The number of halogens is 1. The van der Waals surface area contributed by atoms with E-state index in [1.54, 1.807) is 12.3 Å². The Kier molecular flexibility index (Phi) is 4.30. The molecule has 7 heteroatoms. The molecule has 3 aliphatic carbocycles. The Morgan fingerprint density at radius 3 is 2.63 bits per heavy atom. The lowest BCUT2D eigenvalue weighted by Gasteiger charge is -2.26. The summed E-state index contributed by atoms with van der Waals surface area (Å²) in [5, 5.41) is 6.74. The highest BCUT2D eigenvalue weighted by molar-refractivity contribution is 5.75. The van der Waals surface area contributed by atoms with Crippen LogP contribution >= 0.6 is 0 Å². The van der Waals surface area contributed by atoms with Crippen LogP contribution in [0.5, 0.6) is 0 Å². The van der Waals surface area contributed by atoms with E-state index in [4.69, 9.17) is 9.97 Å². The van der Waals surface area contributed by atoms with E-state index in [-0.39, 0.29) is 11.9 Å². The van der Waals surface area contributed by atoms with E-state index in [0.29, 0.717) is 30.4 Å². The van der Waals surface area contributed by atoms with Gasteiger partial charge in [-0.05, 0) is 44.6 Å². The van der Waals surface area contributed by atoms with Crippen LogP contribution in [0.1, 0.15) is 57.4 Å². The maximum Gasteiger partial charge on any atom is 0.224 e. The molecule has 0 bridgehead atoms. The lowest BCUT2D eigenvalue weighted by atomic mass is 9.93. The van der Waals surface area contributed by atoms with Gasteiger partial charge in [0, 0.05) is 12.1 Å². The number of anilines is 2. The summed E-state index contributed by atoms with van der Waals surface area (Å²) >= 11 is 0. The van der Waals surface area contributed by atoms with Crippen molar-refractivity contribution in [2.45, 2.75) is 69.5 Å². The molecule has 1 unspecified atom stereocenters. The maximum absolute atomic E-state index is 14.2. The van der Waals surface area contributed by atoms with Crippen molar-refractivity contribution in [3.8, 4) is 0 Å². The molecule has 0 aromatic carbocycles. The molecule has 2 saturated carbocycles. The Balaban J connectivity index is 1.51. The largest absolute Gasteiger partial charge is 0.351 e. The van der Waals surface area contributed by atoms with Gasteiger partial charge >= 0.3 is 0 Å². The van der Waals surface area contributed by atoms with Crippen molar-refractivity contribution < 1.29 is 4.39 Å². The highest BCUT2D eigenvalue weighted by atomic mass is 19.1. The second kappa shape index (κ2) is 6.94. The van der Waals surface area contributed by atoms with Gasteiger partial charge in [0.1, 0.15) is 11.3 Å². The molecule has 5 rings (SSSR count). The molecule has 2 N–H and O–H groups in total. The summed E-state index contributed by atoms with van der Waals surface area (Å²) in [6.45, 7) is 0. The van der Waals surface area contributed by atoms with Gasteiger partial charge < -0.3 is 10.6 Å². The number of allylic oxidation sites excluding steroid dienone is 2. The molecule has 2 aromatic rings. The van der Waals surface area contributed by atoms with E-state index in [0.717, 1.165) is 24.0 Å². The quantitative estimate of drug-likeness (QED) is 0.813. The molecular formula is C20H25FN6. The molecule has 6 nitrogen and oxygen atoms in total. The van der Waals surface area contributed by atoms with Crippen LogP contribution in [0.3, 0.4) is 0 Å². The summed E-state index contributed by atoms with van der Waals surface area (Å²) in [6.07, 6.45) is 15.9. The van der Waals surface area contributed by atoms with Gasteiger partial charge in [-0.2, -0.15) is 4.98 Å². The number of rotatable bonds is 5. The third-order valence-electron chi connectivity index (χ3n) is 5.96. The van der Waals surface area contributed by atoms with Crippen LogP contribution in [-0.4, -0.2) is 31.6 Å². The molecule has 0 saturated heterocycles. The predicted molar refractivity (Wildman–Crippen MR) is 104 cm³/mol. The van der Waals surface area contributed by atoms with Crippen LogP contribution in [0.4, 0.5) is 16.3 Å². The fourth-order valence-corrected chi connectivity index (χ4v) is 4.19. The standard InChI is InChI=1S/C20H25FN6/c21-15-10-3-4-11-16(15)24-20-25-17-12-22-19(23-13-6-5-7-13)26-18(17)27(20)14-8-1-2-9-14/h3-4,10,12-14,16H,1-2,5-9,11H2,(H,24,25)(H,22,23,26). The van der Waals surface area contributed by atoms with Crippen molar-refractivity contribution in [3.63, 3.8) is 0 Å². The average Bonchev–Trinajstić information content (AvgIpc) is 3.27.